The molecule has 6 nitrogen and oxygen atoms in total. The molecule has 0 aliphatic carbocycles. The first-order valence-corrected chi connectivity index (χ1v) is 6.31. The summed E-state index contributed by atoms with van der Waals surface area (Å²) in [4.78, 5) is 35.6. The van der Waals surface area contributed by atoms with Crippen LogP contribution in [-0.4, -0.2) is 23.6 Å². The molecule has 2 amide bonds. The van der Waals surface area contributed by atoms with Crippen molar-refractivity contribution in [2.45, 2.75) is 38.8 Å². The SMILES string of the molecule is CC(C)(C)OC(=O)N1c2ccccc2CC1C(=O)N=O. The molecule has 0 saturated carbocycles. The van der Waals surface area contributed by atoms with E-state index in [2.05, 4.69) is 5.18 Å². The van der Waals surface area contributed by atoms with Crippen molar-refractivity contribution >= 4 is 17.7 Å². The van der Waals surface area contributed by atoms with Gasteiger partial charge in [-0.15, -0.1) is 4.91 Å². The van der Waals surface area contributed by atoms with Gasteiger partial charge in [0.05, 0.1) is 5.69 Å². The maximum absolute atomic E-state index is 12.3. The molecule has 6 heteroatoms. The van der Waals surface area contributed by atoms with Crippen LogP contribution < -0.4 is 4.90 Å². The molecule has 0 spiro atoms. The maximum atomic E-state index is 12.3. The van der Waals surface area contributed by atoms with Gasteiger partial charge in [-0.3, -0.25) is 9.69 Å². The lowest BCUT2D eigenvalue weighted by atomic mass is 10.1. The Balaban J connectivity index is 2.36. The third-order valence-electron chi connectivity index (χ3n) is 2.94. The van der Waals surface area contributed by atoms with Crippen molar-refractivity contribution in [3.63, 3.8) is 0 Å². The van der Waals surface area contributed by atoms with E-state index in [4.69, 9.17) is 4.74 Å². The zero-order chi connectivity index (χ0) is 14.9. The minimum absolute atomic E-state index is 0.278. The molecular weight excluding hydrogens is 260 g/mol. The predicted molar refractivity (Wildman–Crippen MR) is 73.4 cm³/mol. The van der Waals surface area contributed by atoms with Gasteiger partial charge in [0.1, 0.15) is 11.6 Å². The molecule has 1 unspecified atom stereocenters. The molecule has 1 heterocycles. The summed E-state index contributed by atoms with van der Waals surface area (Å²) in [6.45, 7) is 5.21. The van der Waals surface area contributed by atoms with Gasteiger partial charge in [-0.1, -0.05) is 18.2 Å². The van der Waals surface area contributed by atoms with Crippen LogP contribution in [0.5, 0.6) is 0 Å². The Labute approximate surface area is 116 Å². The average Bonchev–Trinajstić information content (AvgIpc) is 2.75. The second-order valence-corrected chi connectivity index (χ2v) is 5.63. The fraction of sp³-hybridized carbons (Fsp3) is 0.429. The summed E-state index contributed by atoms with van der Waals surface area (Å²) in [6, 6.07) is 6.19. The standard InChI is InChI=1S/C14H16N2O4/c1-14(2,3)20-13(18)16-10-7-5-4-6-9(10)8-11(16)12(17)15-19/h4-7,11H,8H2,1-3H3. The lowest BCUT2D eigenvalue weighted by Gasteiger charge is -2.27. The summed E-state index contributed by atoms with van der Waals surface area (Å²) in [5, 5.41) is 2.44. The lowest BCUT2D eigenvalue weighted by Crippen LogP contribution is -2.44. The molecule has 1 aromatic rings. The van der Waals surface area contributed by atoms with Gasteiger partial charge in [0.2, 0.25) is 0 Å². The number of fused-ring (bicyclic) bond motifs is 1. The smallest absolute Gasteiger partial charge is 0.415 e. The van der Waals surface area contributed by atoms with Crippen molar-refractivity contribution in [3.05, 3.63) is 34.7 Å². The molecule has 0 N–H and O–H groups in total. The minimum atomic E-state index is -0.917. The normalized spacial score (nSPS) is 17.6. The molecular formula is C14H16N2O4. The van der Waals surface area contributed by atoms with Gasteiger partial charge < -0.3 is 4.74 Å². The highest BCUT2D eigenvalue weighted by atomic mass is 16.6. The van der Waals surface area contributed by atoms with E-state index in [0.717, 1.165) is 5.56 Å². The molecule has 106 valence electrons. The molecule has 1 atom stereocenters. The van der Waals surface area contributed by atoms with E-state index in [-0.39, 0.29) is 6.42 Å². The number of para-hydroxylation sites is 1. The van der Waals surface area contributed by atoms with Gasteiger partial charge in [-0.05, 0) is 32.4 Å². The number of carbonyl (C=O) groups is 2. The highest BCUT2D eigenvalue weighted by molar-refractivity contribution is 6.00. The van der Waals surface area contributed by atoms with Crippen LogP contribution >= 0.6 is 0 Å². The Morgan fingerprint density at radius 3 is 2.55 bits per heavy atom. The van der Waals surface area contributed by atoms with Crippen molar-refractivity contribution in [2.24, 2.45) is 5.18 Å². The van der Waals surface area contributed by atoms with Gasteiger partial charge in [-0.2, -0.15) is 0 Å². The largest absolute Gasteiger partial charge is 0.443 e. The first-order chi connectivity index (χ1) is 9.33. The molecule has 0 saturated heterocycles. The maximum Gasteiger partial charge on any atom is 0.415 e. The van der Waals surface area contributed by atoms with Gasteiger partial charge in [-0.25, -0.2) is 4.79 Å². The Kier molecular flexibility index (Phi) is 3.57. The predicted octanol–water partition coefficient (Wildman–Crippen LogP) is 2.65. The Morgan fingerprint density at radius 2 is 1.95 bits per heavy atom. The minimum Gasteiger partial charge on any atom is -0.443 e. The fourth-order valence-corrected chi connectivity index (χ4v) is 2.18. The number of rotatable bonds is 1. The molecule has 1 aliphatic rings. The van der Waals surface area contributed by atoms with E-state index < -0.39 is 23.6 Å². The van der Waals surface area contributed by atoms with E-state index in [9.17, 15) is 14.5 Å². The summed E-state index contributed by atoms with van der Waals surface area (Å²) in [7, 11) is 0. The molecule has 2 rings (SSSR count). The molecule has 0 aromatic heterocycles. The number of benzene rings is 1. The van der Waals surface area contributed by atoms with E-state index in [0.29, 0.717) is 5.69 Å². The number of nitrogens with zero attached hydrogens (tertiary/aromatic N) is 2. The number of carbonyl (C=O) groups excluding carboxylic acids is 2. The third kappa shape index (κ3) is 2.68. The van der Waals surface area contributed by atoms with Crippen molar-refractivity contribution in [2.75, 3.05) is 4.90 Å². The summed E-state index contributed by atoms with van der Waals surface area (Å²) in [6.07, 6.45) is -0.371. The van der Waals surface area contributed by atoms with E-state index in [1.807, 2.05) is 12.1 Å². The number of anilines is 1. The first-order valence-electron chi connectivity index (χ1n) is 6.31. The lowest BCUT2D eigenvalue weighted by molar-refractivity contribution is -0.119. The quantitative estimate of drug-likeness (QED) is 0.739. The van der Waals surface area contributed by atoms with E-state index in [1.165, 1.54) is 4.90 Å². The average molecular weight is 276 g/mol. The number of hydrogen-bond acceptors (Lipinski definition) is 4. The van der Waals surface area contributed by atoms with Crippen molar-refractivity contribution in [1.82, 2.24) is 0 Å². The van der Waals surface area contributed by atoms with Crippen LogP contribution in [0.3, 0.4) is 0 Å². The molecule has 0 fully saturated rings. The summed E-state index contributed by atoms with van der Waals surface area (Å²) in [5.74, 6) is -0.868. The Bertz CT molecular complexity index is 563. The van der Waals surface area contributed by atoms with Gasteiger partial charge in [0, 0.05) is 11.6 Å². The zero-order valence-electron chi connectivity index (χ0n) is 11.6. The van der Waals surface area contributed by atoms with Crippen molar-refractivity contribution in [3.8, 4) is 0 Å². The van der Waals surface area contributed by atoms with Crippen LogP contribution in [0.15, 0.2) is 29.4 Å². The second-order valence-electron chi connectivity index (χ2n) is 5.63. The van der Waals surface area contributed by atoms with Crippen LogP contribution in [0, 0.1) is 4.91 Å². The molecule has 1 aliphatic heterocycles. The summed E-state index contributed by atoms with van der Waals surface area (Å²) >= 11 is 0. The number of amides is 2. The Hall–Kier alpha value is -2.24. The molecule has 20 heavy (non-hydrogen) atoms. The second kappa shape index (κ2) is 5.03. The fourth-order valence-electron chi connectivity index (χ4n) is 2.18. The number of nitroso groups, excluding NO2 is 1. The van der Waals surface area contributed by atoms with Gasteiger partial charge >= 0.3 is 12.0 Å². The highest BCUT2D eigenvalue weighted by Gasteiger charge is 2.40. The van der Waals surface area contributed by atoms with Crippen molar-refractivity contribution < 1.29 is 14.3 Å². The highest BCUT2D eigenvalue weighted by Crippen LogP contribution is 2.33. The molecule has 1 aromatic carbocycles. The van der Waals surface area contributed by atoms with E-state index >= 15 is 0 Å². The van der Waals surface area contributed by atoms with Crippen LogP contribution in [0.4, 0.5) is 10.5 Å². The summed E-state index contributed by atoms with van der Waals surface area (Å²) < 4.78 is 5.29. The van der Waals surface area contributed by atoms with Gasteiger partial charge in [0.25, 0.3) is 0 Å². The van der Waals surface area contributed by atoms with Crippen LogP contribution in [0.2, 0.25) is 0 Å². The molecule has 0 bridgehead atoms. The van der Waals surface area contributed by atoms with E-state index in [1.54, 1.807) is 32.9 Å². The number of ether oxygens (including phenoxy) is 1. The first kappa shape index (κ1) is 14.2. The Morgan fingerprint density at radius 1 is 1.30 bits per heavy atom. The van der Waals surface area contributed by atoms with Crippen LogP contribution in [0.25, 0.3) is 0 Å². The van der Waals surface area contributed by atoms with Crippen LogP contribution in [-0.2, 0) is 16.0 Å². The van der Waals surface area contributed by atoms with Gasteiger partial charge in [0.15, 0.2) is 0 Å². The topological polar surface area (TPSA) is 76.0 Å². The van der Waals surface area contributed by atoms with Crippen molar-refractivity contribution in [1.29, 1.82) is 0 Å². The monoisotopic (exact) mass is 276 g/mol. The third-order valence-corrected chi connectivity index (χ3v) is 2.94. The number of hydrogen-bond donors (Lipinski definition) is 0. The molecule has 0 radical (unpaired) electrons. The van der Waals surface area contributed by atoms with Crippen LogP contribution in [0.1, 0.15) is 26.3 Å². The zero-order valence-corrected chi connectivity index (χ0v) is 11.6. The summed E-state index contributed by atoms with van der Waals surface area (Å²) in [5.41, 5.74) is 0.723.